The van der Waals surface area contributed by atoms with Gasteiger partial charge in [0.2, 0.25) is 0 Å². The van der Waals surface area contributed by atoms with Gasteiger partial charge in [0.15, 0.2) is 16.7 Å². The quantitative estimate of drug-likeness (QED) is 0.217. The molecule has 0 fully saturated rings. The summed E-state index contributed by atoms with van der Waals surface area (Å²) in [7, 11) is 1.21. The van der Waals surface area contributed by atoms with Crippen molar-refractivity contribution in [3.63, 3.8) is 0 Å². The molecule has 2 heterocycles. The minimum Gasteiger partial charge on any atom is -0.503 e. The van der Waals surface area contributed by atoms with Crippen molar-refractivity contribution in [3.05, 3.63) is 104 Å². The summed E-state index contributed by atoms with van der Waals surface area (Å²) in [6.45, 7) is 1.57. The number of ether oxygens (including phenoxy) is 1. The summed E-state index contributed by atoms with van der Waals surface area (Å²) in [6.07, 6.45) is 2.79. The van der Waals surface area contributed by atoms with Crippen molar-refractivity contribution in [1.82, 2.24) is 4.98 Å². The lowest BCUT2D eigenvalue weighted by Crippen LogP contribution is -2.30. The highest BCUT2D eigenvalue weighted by Gasteiger charge is 2.45. The standard InChI is InChI=1S/C25H19N3O7S/c1-14-22(24(32)35-2)36-25(26-14)27-20(16-9-11-17(12-10-16)28(33)34)19(21(30)23(27)31)18(29)13-8-15-6-4-3-5-7-15/h3-13,20,30H,1-2H3. The molecule has 2 aromatic carbocycles. The van der Waals surface area contributed by atoms with Crippen LogP contribution in [0.4, 0.5) is 10.8 Å². The van der Waals surface area contributed by atoms with Crippen LogP contribution in [0.1, 0.15) is 32.5 Å². The number of nitro benzene ring substituents is 1. The number of allylic oxidation sites excluding steroid dienone is 1. The van der Waals surface area contributed by atoms with E-state index in [4.69, 9.17) is 4.74 Å². The third-order valence-corrected chi connectivity index (χ3v) is 6.62. The minimum absolute atomic E-state index is 0.0580. The molecular formula is C25H19N3O7S. The van der Waals surface area contributed by atoms with Crippen LogP contribution < -0.4 is 4.90 Å². The van der Waals surface area contributed by atoms with Crippen LogP contribution in [0.2, 0.25) is 0 Å². The fourth-order valence-electron chi connectivity index (χ4n) is 3.74. The van der Waals surface area contributed by atoms with E-state index in [1.807, 2.05) is 6.07 Å². The van der Waals surface area contributed by atoms with Gasteiger partial charge in [0.1, 0.15) is 4.88 Å². The van der Waals surface area contributed by atoms with Crippen LogP contribution in [0.5, 0.6) is 0 Å². The number of methoxy groups -OCH3 is 1. The first-order valence-corrected chi connectivity index (χ1v) is 11.4. The van der Waals surface area contributed by atoms with Gasteiger partial charge in [-0.2, -0.15) is 0 Å². The number of hydrogen-bond donors (Lipinski definition) is 1. The van der Waals surface area contributed by atoms with Gasteiger partial charge in [-0.05, 0) is 36.3 Å². The smallest absolute Gasteiger partial charge is 0.350 e. The molecule has 1 aliphatic heterocycles. The summed E-state index contributed by atoms with van der Waals surface area (Å²) in [5.41, 5.74) is 0.978. The highest BCUT2D eigenvalue weighted by atomic mass is 32.1. The van der Waals surface area contributed by atoms with Gasteiger partial charge in [0.05, 0.1) is 29.3 Å². The van der Waals surface area contributed by atoms with Gasteiger partial charge in [-0.1, -0.05) is 47.7 Å². The largest absolute Gasteiger partial charge is 0.503 e. The molecule has 1 N–H and O–H groups in total. The SMILES string of the molecule is COC(=O)c1sc(N2C(=O)C(O)=C(C(=O)C=Cc3ccccc3)C2c2ccc([N+](=O)[O-])cc2)nc1C. The number of nitro groups is 1. The Labute approximate surface area is 208 Å². The summed E-state index contributed by atoms with van der Waals surface area (Å²) in [5, 5.41) is 22.0. The zero-order chi connectivity index (χ0) is 26.0. The van der Waals surface area contributed by atoms with Crippen molar-refractivity contribution >= 4 is 45.9 Å². The van der Waals surface area contributed by atoms with Gasteiger partial charge in [-0.25, -0.2) is 9.78 Å². The molecule has 0 aliphatic carbocycles. The van der Waals surface area contributed by atoms with E-state index in [2.05, 4.69) is 4.98 Å². The van der Waals surface area contributed by atoms with E-state index >= 15 is 0 Å². The zero-order valence-electron chi connectivity index (χ0n) is 19.1. The van der Waals surface area contributed by atoms with Crippen molar-refractivity contribution < 1.29 is 29.2 Å². The topological polar surface area (TPSA) is 140 Å². The normalized spacial score (nSPS) is 15.6. The maximum atomic E-state index is 13.3. The zero-order valence-corrected chi connectivity index (χ0v) is 19.9. The van der Waals surface area contributed by atoms with Crippen molar-refractivity contribution in [2.75, 3.05) is 12.0 Å². The number of anilines is 1. The van der Waals surface area contributed by atoms with E-state index in [9.17, 15) is 29.6 Å². The molecule has 36 heavy (non-hydrogen) atoms. The average molecular weight is 506 g/mol. The van der Waals surface area contributed by atoms with E-state index in [-0.39, 0.29) is 21.3 Å². The molecule has 4 rings (SSSR count). The molecule has 1 aromatic heterocycles. The molecule has 0 bridgehead atoms. The number of thiazole rings is 1. The number of hydrogen-bond acceptors (Lipinski definition) is 9. The molecule has 0 saturated heterocycles. The molecule has 11 heteroatoms. The molecule has 0 radical (unpaired) electrons. The van der Waals surface area contributed by atoms with Gasteiger partial charge < -0.3 is 9.84 Å². The number of carbonyl (C=O) groups excluding carboxylic acids is 3. The van der Waals surface area contributed by atoms with Crippen LogP contribution in [0.3, 0.4) is 0 Å². The van der Waals surface area contributed by atoms with Crippen LogP contribution >= 0.6 is 11.3 Å². The molecule has 182 valence electrons. The van der Waals surface area contributed by atoms with E-state index < -0.39 is 34.4 Å². The number of esters is 1. The van der Waals surface area contributed by atoms with Gasteiger partial charge in [-0.3, -0.25) is 24.6 Å². The van der Waals surface area contributed by atoms with Crippen LogP contribution in [-0.2, 0) is 14.3 Å². The number of aryl methyl sites for hydroxylation is 1. The Morgan fingerprint density at radius 1 is 1.17 bits per heavy atom. The van der Waals surface area contributed by atoms with Crippen LogP contribution in [0, 0.1) is 17.0 Å². The predicted octanol–water partition coefficient (Wildman–Crippen LogP) is 4.33. The Morgan fingerprint density at radius 3 is 2.44 bits per heavy atom. The van der Waals surface area contributed by atoms with Crippen LogP contribution in [0.25, 0.3) is 6.08 Å². The molecule has 0 spiro atoms. The van der Waals surface area contributed by atoms with Crippen molar-refractivity contribution in [1.29, 1.82) is 0 Å². The summed E-state index contributed by atoms with van der Waals surface area (Å²) in [4.78, 5) is 54.7. The Kier molecular flexibility index (Phi) is 6.75. The highest BCUT2D eigenvalue weighted by molar-refractivity contribution is 7.17. The summed E-state index contributed by atoms with van der Waals surface area (Å²) in [5.74, 6) is -2.93. The molecular weight excluding hydrogens is 486 g/mol. The second-order valence-electron chi connectivity index (χ2n) is 7.70. The van der Waals surface area contributed by atoms with Crippen molar-refractivity contribution in [3.8, 4) is 0 Å². The summed E-state index contributed by atoms with van der Waals surface area (Å²) >= 11 is 0.870. The van der Waals surface area contributed by atoms with E-state index in [0.29, 0.717) is 11.3 Å². The lowest BCUT2D eigenvalue weighted by Gasteiger charge is -2.24. The molecule has 10 nitrogen and oxygen atoms in total. The number of benzene rings is 2. The molecule has 1 aliphatic rings. The number of ketones is 1. The third-order valence-electron chi connectivity index (χ3n) is 5.48. The van der Waals surface area contributed by atoms with Crippen LogP contribution in [0.15, 0.2) is 72.0 Å². The maximum absolute atomic E-state index is 13.3. The van der Waals surface area contributed by atoms with Crippen molar-refractivity contribution in [2.24, 2.45) is 0 Å². The summed E-state index contributed by atoms with van der Waals surface area (Å²) < 4.78 is 4.76. The minimum atomic E-state index is -1.14. The Balaban J connectivity index is 1.81. The second-order valence-corrected chi connectivity index (χ2v) is 8.68. The van der Waals surface area contributed by atoms with E-state index in [1.54, 1.807) is 37.3 Å². The van der Waals surface area contributed by atoms with Crippen LogP contribution in [-0.4, -0.2) is 39.8 Å². The molecule has 1 atom stereocenters. The maximum Gasteiger partial charge on any atom is 0.350 e. The first-order valence-electron chi connectivity index (χ1n) is 10.6. The van der Waals surface area contributed by atoms with E-state index in [0.717, 1.165) is 21.8 Å². The fraction of sp³-hybridized carbons (Fsp3) is 0.120. The number of non-ortho nitro benzene ring substituents is 1. The first-order chi connectivity index (χ1) is 17.2. The average Bonchev–Trinajstić information content (AvgIpc) is 3.39. The Hall–Kier alpha value is -4.64. The highest BCUT2D eigenvalue weighted by Crippen LogP contribution is 2.43. The number of aliphatic hydroxyl groups excluding tert-OH is 1. The van der Waals surface area contributed by atoms with E-state index in [1.165, 1.54) is 37.5 Å². The lowest BCUT2D eigenvalue weighted by atomic mass is 9.95. The third kappa shape index (κ3) is 4.51. The monoisotopic (exact) mass is 505 g/mol. The second kappa shape index (κ2) is 9.92. The first kappa shape index (κ1) is 24.5. The fourth-order valence-corrected chi connectivity index (χ4v) is 4.75. The summed E-state index contributed by atoms with van der Waals surface area (Å²) in [6, 6.07) is 13.1. The molecule has 0 saturated carbocycles. The Morgan fingerprint density at radius 2 is 1.83 bits per heavy atom. The number of aliphatic hydroxyl groups is 1. The molecule has 3 aromatic rings. The Bertz CT molecular complexity index is 1430. The lowest BCUT2D eigenvalue weighted by molar-refractivity contribution is -0.384. The number of aromatic nitrogens is 1. The number of rotatable bonds is 7. The molecule has 1 amide bonds. The number of nitrogens with zero attached hydrogens (tertiary/aromatic N) is 3. The van der Waals surface area contributed by atoms with Crippen molar-refractivity contribution in [2.45, 2.75) is 13.0 Å². The predicted molar refractivity (Wildman–Crippen MR) is 132 cm³/mol. The van der Waals surface area contributed by atoms with Gasteiger partial charge in [0.25, 0.3) is 11.6 Å². The van der Waals surface area contributed by atoms with Gasteiger partial charge in [0, 0.05) is 12.1 Å². The van der Waals surface area contributed by atoms with Gasteiger partial charge >= 0.3 is 5.97 Å². The number of carbonyl (C=O) groups is 3. The molecule has 1 unspecified atom stereocenters. The van der Waals surface area contributed by atoms with Gasteiger partial charge in [-0.15, -0.1) is 0 Å². The number of amides is 1.